The minimum atomic E-state index is -3.85. The number of fused-ring (bicyclic) bond motifs is 1. The van der Waals surface area contributed by atoms with Gasteiger partial charge in [0.25, 0.3) is 21.8 Å². The van der Waals surface area contributed by atoms with E-state index in [0.29, 0.717) is 16.1 Å². The number of amides is 2. The third-order valence-electron chi connectivity index (χ3n) is 3.53. The maximum Gasteiger partial charge on any atom is 0.276 e. The van der Waals surface area contributed by atoms with Crippen molar-refractivity contribution in [2.24, 2.45) is 5.10 Å². The summed E-state index contributed by atoms with van der Waals surface area (Å²) < 4.78 is 24.1. The van der Waals surface area contributed by atoms with E-state index in [-0.39, 0.29) is 11.4 Å². The first-order valence-electron chi connectivity index (χ1n) is 7.14. The van der Waals surface area contributed by atoms with Crippen LogP contribution in [0.3, 0.4) is 0 Å². The number of carbonyl (C=O) groups excluding carboxylic acids is 2. The zero-order valence-corrected chi connectivity index (χ0v) is 14.3. The Hall–Kier alpha value is -2.71. The summed E-state index contributed by atoms with van der Waals surface area (Å²) in [5, 5.41) is 4.01. The van der Waals surface area contributed by atoms with E-state index in [4.69, 9.17) is 11.6 Å². The Morgan fingerprint density at radius 2 is 1.56 bits per heavy atom. The average molecular weight is 378 g/mol. The number of halogens is 1. The first kappa shape index (κ1) is 17.1. The Morgan fingerprint density at radius 3 is 2.12 bits per heavy atom. The lowest BCUT2D eigenvalue weighted by Crippen LogP contribution is -2.32. The molecule has 0 aliphatic carbocycles. The van der Waals surface area contributed by atoms with Gasteiger partial charge in [-0.05, 0) is 36.4 Å². The molecule has 1 heterocycles. The van der Waals surface area contributed by atoms with Gasteiger partial charge in [-0.15, -0.1) is 0 Å². The molecule has 0 radical (unpaired) electrons. The molecular weight excluding hydrogens is 366 g/mol. The van der Waals surface area contributed by atoms with E-state index in [9.17, 15) is 18.0 Å². The van der Waals surface area contributed by atoms with Crippen molar-refractivity contribution in [3.8, 4) is 0 Å². The van der Waals surface area contributed by atoms with Crippen LogP contribution in [0.2, 0.25) is 5.02 Å². The highest BCUT2D eigenvalue weighted by atomic mass is 35.5. The third kappa shape index (κ3) is 3.40. The second-order valence-corrected chi connectivity index (χ2v) is 7.22. The van der Waals surface area contributed by atoms with Crippen LogP contribution in [-0.4, -0.2) is 37.9 Å². The molecule has 0 saturated heterocycles. The van der Waals surface area contributed by atoms with Gasteiger partial charge in [-0.25, -0.2) is 4.83 Å². The van der Waals surface area contributed by atoms with Crippen molar-refractivity contribution < 1.29 is 18.0 Å². The molecule has 1 aliphatic heterocycles. The Balaban J connectivity index is 1.66. The van der Waals surface area contributed by atoms with Gasteiger partial charge < -0.3 is 0 Å². The fraction of sp³-hybridized carbons (Fsp3) is 0.0625. The van der Waals surface area contributed by atoms with Crippen molar-refractivity contribution in [2.75, 3.05) is 6.54 Å². The van der Waals surface area contributed by atoms with Crippen molar-refractivity contribution in [3.63, 3.8) is 0 Å². The van der Waals surface area contributed by atoms with Crippen LogP contribution in [0, 0.1) is 0 Å². The third-order valence-corrected chi connectivity index (χ3v) is 5.02. The number of imide groups is 1. The average Bonchev–Trinajstić information content (AvgIpc) is 2.84. The van der Waals surface area contributed by atoms with Crippen LogP contribution in [0.25, 0.3) is 0 Å². The van der Waals surface area contributed by atoms with Gasteiger partial charge in [-0.1, -0.05) is 23.7 Å². The summed E-state index contributed by atoms with van der Waals surface area (Å²) >= 11 is 5.71. The number of hydrazone groups is 1. The van der Waals surface area contributed by atoms with E-state index < -0.39 is 21.8 Å². The van der Waals surface area contributed by atoms with E-state index in [1.54, 1.807) is 24.3 Å². The van der Waals surface area contributed by atoms with Gasteiger partial charge in [0.2, 0.25) is 0 Å². The highest BCUT2D eigenvalue weighted by Crippen LogP contribution is 2.21. The summed E-state index contributed by atoms with van der Waals surface area (Å²) in [6.45, 7) is -0.143. The number of nitrogens with one attached hydrogen (secondary N) is 1. The number of sulfonamides is 1. The zero-order chi connectivity index (χ0) is 18.0. The monoisotopic (exact) mass is 377 g/mol. The van der Waals surface area contributed by atoms with Crippen molar-refractivity contribution in [2.45, 2.75) is 4.90 Å². The number of rotatable bonds is 5. The van der Waals surface area contributed by atoms with E-state index in [0.717, 1.165) is 11.1 Å². The Kier molecular flexibility index (Phi) is 4.56. The van der Waals surface area contributed by atoms with Crippen molar-refractivity contribution in [1.29, 1.82) is 0 Å². The van der Waals surface area contributed by atoms with Gasteiger partial charge in [-0.3, -0.25) is 14.5 Å². The van der Waals surface area contributed by atoms with Crippen LogP contribution in [0.15, 0.2) is 58.5 Å². The molecule has 2 amide bonds. The Morgan fingerprint density at radius 1 is 1.00 bits per heavy atom. The summed E-state index contributed by atoms with van der Waals surface area (Å²) in [5.41, 5.74) is 0.644. The van der Waals surface area contributed by atoms with Crippen LogP contribution in [0.4, 0.5) is 0 Å². The molecule has 0 unspecified atom stereocenters. The van der Waals surface area contributed by atoms with E-state index in [1.165, 1.54) is 24.3 Å². The highest BCUT2D eigenvalue weighted by Gasteiger charge is 2.34. The number of nitrogens with zero attached hydrogens (tertiary/aromatic N) is 2. The molecule has 25 heavy (non-hydrogen) atoms. The Labute approximate surface area is 149 Å². The van der Waals surface area contributed by atoms with Gasteiger partial charge in [-0.2, -0.15) is 13.5 Å². The first-order valence-corrected chi connectivity index (χ1v) is 9.00. The summed E-state index contributed by atoms with van der Waals surface area (Å²) in [6, 6.07) is 12.0. The first-order chi connectivity index (χ1) is 11.9. The molecule has 0 fully saturated rings. The van der Waals surface area contributed by atoms with E-state index in [2.05, 4.69) is 5.10 Å². The topological polar surface area (TPSA) is 95.9 Å². The number of carbonyl (C=O) groups is 2. The predicted molar refractivity (Wildman–Crippen MR) is 92.1 cm³/mol. The molecule has 0 atom stereocenters. The smallest absolute Gasteiger partial charge is 0.269 e. The number of hydrogen-bond acceptors (Lipinski definition) is 5. The Bertz CT molecular complexity index is 936. The van der Waals surface area contributed by atoms with E-state index >= 15 is 0 Å². The minimum Gasteiger partial charge on any atom is -0.269 e. The van der Waals surface area contributed by atoms with Gasteiger partial charge in [0.15, 0.2) is 0 Å². The lowest BCUT2D eigenvalue weighted by Gasteiger charge is -2.10. The second kappa shape index (κ2) is 6.66. The van der Waals surface area contributed by atoms with Crippen LogP contribution in [0.1, 0.15) is 20.7 Å². The SMILES string of the molecule is O=C1c2ccccc2C(=O)N1C/C=N\NS(=O)(=O)c1ccc(Cl)cc1. The maximum atomic E-state index is 12.1. The quantitative estimate of drug-likeness (QED) is 0.489. The molecule has 1 N–H and O–H groups in total. The molecule has 2 aromatic rings. The maximum absolute atomic E-state index is 12.1. The number of benzene rings is 2. The summed E-state index contributed by atoms with van der Waals surface area (Å²) in [4.78, 5) is 27.3. The van der Waals surface area contributed by atoms with Gasteiger partial charge in [0, 0.05) is 11.2 Å². The molecule has 0 bridgehead atoms. The fourth-order valence-corrected chi connectivity index (χ4v) is 3.24. The highest BCUT2D eigenvalue weighted by molar-refractivity contribution is 7.89. The molecule has 0 spiro atoms. The number of hydrogen-bond donors (Lipinski definition) is 1. The van der Waals surface area contributed by atoms with Crippen LogP contribution >= 0.6 is 11.6 Å². The lowest BCUT2D eigenvalue weighted by atomic mass is 10.1. The molecule has 7 nitrogen and oxygen atoms in total. The summed E-state index contributed by atoms with van der Waals surface area (Å²) in [6.07, 6.45) is 1.15. The van der Waals surface area contributed by atoms with Crippen molar-refractivity contribution in [3.05, 3.63) is 64.7 Å². The minimum absolute atomic E-state index is 0.00483. The van der Waals surface area contributed by atoms with Crippen molar-refractivity contribution in [1.82, 2.24) is 9.73 Å². The second-order valence-electron chi connectivity index (χ2n) is 5.13. The van der Waals surface area contributed by atoms with Gasteiger partial charge in [0.05, 0.1) is 22.6 Å². The van der Waals surface area contributed by atoms with Crippen LogP contribution in [0.5, 0.6) is 0 Å². The molecule has 3 rings (SSSR count). The van der Waals surface area contributed by atoms with Gasteiger partial charge >= 0.3 is 0 Å². The lowest BCUT2D eigenvalue weighted by molar-refractivity contribution is 0.0679. The molecule has 9 heteroatoms. The van der Waals surface area contributed by atoms with E-state index in [1.807, 2.05) is 4.83 Å². The normalized spacial score (nSPS) is 14.2. The van der Waals surface area contributed by atoms with Gasteiger partial charge in [0.1, 0.15) is 0 Å². The fourth-order valence-electron chi connectivity index (χ4n) is 2.30. The predicted octanol–water partition coefficient (Wildman–Crippen LogP) is 1.90. The van der Waals surface area contributed by atoms with Crippen LogP contribution < -0.4 is 4.83 Å². The summed E-state index contributed by atoms with van der Waals surface area (Å²) in [5.74, 6) is -0.875. The molecule has 2 aromatic carbocycles. The zero-order valence-electron chi connectivity index (χ0n) is 12.7. The van der Waals surface area contributed by atoms with Crippen molar-refractivity contribution >= 4 is 39.7 Å². The summed E-state index contributed by atoms with van der Waals surface area (Å²) in [7, 11) is -3.85. The molecular formula is C16H12ClN3O4S. The standard InChI is InChI=1S/C16H12ClN3O4S/c17-11-5-7-12(8-6-11)25(23,24)19-18-9-10-20-15(21)13-3-1-2-4-14(13)16(20)22/h1-9,19H,10H2/b18-9-. The molecule has 0 aromatic heterocycles. The molecule has 128 valence electrons. The molecule has 1 aliphatic rings. The molecule has 0 saturated carbocycles. The van der Waals surface area contributed by atoms with Crippen LogP contribution in [-0.2, 0) is 10.0 Å². The largest absolute Gasteiger partial charge is 0.276 e.